The molecule has 0 N–H and O–H groups in total. The van der Waals surface area contributed by atoms with Crippen LogP contribution in [0.2, 0.25) is 0 Å². The molecule has 0 spiro atoms. The van der Waals surface area contributed by atoms with Gasteiger partial charge in [0.2, 0.25) is 0 Å². The van der Waals surface area contributed by atoms with Gasteiger partial charge in [-0.05, 0) is 29.5 Å². The van der Waals surface area contributed by atoms with Gasteiger partial charge in [0.1, 0.15) is 0 Å². The van der Waals surface area contributed by atoms with Crippen LogP contribution in [0.5, 0.6) is 0 Å². The fourth-order valence-electron chi connectivity index (χ4n) is 1.84. The van der Waals surface area contributed by atoms with Crippen molar-refractivity contribution < 1.29 is 4.42 Å². The van der Waals surface area contributed by atoms with Crippen molar-refractivity contribution in [3.8, 4) is 0 Å². The van der Waals surface area contributed by atoms with E-state index in [1.165, 1.54) is 17.5 Å². The van der Waals surface area contributed by atoms with Gasteiger partial charge in [0.25, 0.3) is 0 Å². The van der Waals surface area contributed by atoms with Crippen molar-refractivity contribution in [3.63, 3.8) is 0 Å². The highest BCUT2D eigenvalue weighted by Crippen LogP contribution is 2.31. The molecule has 0 bridgehead atoms. The molecule has 0 amide bonds. The summed E-state index contributed by atoms with van der Waals surface area (Å²) < 4.78 is 5.11. The molecule has 1 aromatic carbocycles. The van der Waals surface area contributed by atoms with Crippen molar-refractivity contribution in [1.82, 2.24) is 0 Å². The molecule has 1 heterocycles. The Labute approximate surface area is 111 Å². The molecule has 1 aromatic heterocycles. The van der Waals surface area contributed by atoms with Crippen LogP contribution in [0.1, 0.15) is 47.7 Å². The van der Waals surface area contributed by atoms with Gasteiger partial charge >= 0.3 is 0 Å². The van der Waals surface area contributed by atoms with Crippen LogP contribution < -0.4 is 0 Å². The topological polar surface area (TPSA) is 13.1 Å². The molecule has 0 saturated carbocycles. The Balaban J connectivity index is 2.18. The zero-order chi connectivity index (χ0) is 12.3. The predicted molar refractivity (Wildman–Crippen MR) is 74.6 cm³/mol. The smallest absolute Gasteiger partial charge is 0.0949 e. The predicted octanol–water partition coefficient (Wildman–Crippen LogP) is 5.28. The highest BCUT2D eigenvalue weighted by atomic mass is 79.9. The Hall–Kier alpha value is -1.02. The van der Waals surface area contributed by atoms with Crippen molar-refractivity contribution in [2.24, 2.45) is 0 Å². The normalized spacial score (nSPS) is 14.5. The molecule has 2 rings (SSSR count). The summed E-state index contributed by atoms with van der Waals surface area (Å²) in [5.41, 5.74) is 3.82. The molecule has 0 aliphatic carbocycles. The van der Waals surface area contributed by atoms with Crippen molar-refractivity contribution in [2.75, 3.05) is 0 Å². The molecule has 0 saturated heterocycles. The fraction of sp³-hybridized carbons (Fsp3) is 0.333. The lowest BCUT2D eigenvalue weighted by atomic mass is 9.96. The van der Waals surface area contributed by atoms with Crippen LogP contribution in [0, 0.1) is 0 Å². The van der Waals surface area contributed by atoms with E-state index in [0.717, 1.165) is 5.56 Å². The molecule has 90 valence electrons. The van der Waals surface area contributed by atoms with Gasteiger partial charge in [0, 0.05) is 5.56 Å². The minimum atomic E-state index is 0.215. The first-order valence-electron chi connectivity index (χ1n) is 5.98. The van der Waals surface area contributed by atoms with Gasteiger partial charge in [-0.3, -0.25) is 0 Å². The van der Waals surface area contributed by atoms with E-state index in [9.17, 15) is 0 Å². The van der Waals surface area contributed by atoms with Gasteiger partial charge in [-0.1, -0.05) is 54.0 Å². The summed E-state index contributed by atoms with van der Waals surface area (Å²) in [5, 5.41) is 0. The third-order valence-corrected chi connectivity index (χ3v) is 4.30. The minimum absolute atomic E-state index is 0.215. The molecular weight excluding hydrogens is 276 g/mol. The molecule has 17 heavy (non-hydrogen) atoms. The van der Waals surface area contributed by atoms with E-state index < -0.39 is 0 Å². The summed E-state index contributed by atoms with van der Waals surface area (Å²) in [4.78, 5) is 0.215. The highest BCUT2D eigenvalue weighted by molar-refractivity contribution is 9.09. The van der Waals surface area contributed by atoms with Gasteiger partial charge in [-0.15, -0.1) is 0 Å². The monoisotopic (exact) mass is 292 g/mol. The summed E-state index contributed by atoms with van der Waals surface area (Å²) in [6, 6.07) is 10.8. The van der Waals surface area contributed by atoms with Gasteiger partial charge in [-0.2, -0.15) is 0 Å². The second-order valence-electron chi connectivity index (χ2n) is 4.40. The largest absolute Gasteiger partial charge is 0.472 e. The fourth-order valence-corrected chi connectivity index (χ4v) is 2.41. The first-order chi connectivity index (χ1) is 8.22. The molecule has 2 unspecified atom stereocenters. The van der Waals surface area contributed by atoms with Crippen molar-refractivity contribution >= 4 is 15.9 Å². The molecule has 0 aliphatic rings. The van der Waals surface area contributed by atoms with E-state index in [-0.39, 0.29) is 4.83 Å². The standard InChI is InChI=1S/C15H17BrO/c1-3-11(2)12-4-6-13(7-5-12)15(16)14-8-9-17-10-14/h4-11,15H,3H2,1-2H3. The van der Waals surface area contributed by atoms with Gasteiger partial charge < -0.3 is 4.42 Å². The number of benzene rings is 1. The maximum Gasteiger partial charge on any atom is 0.0949 e. The zero-order valence-electron chi connectivity index (χ0n) is 10.2. The van der Waals surface area contributed by atoms with E-state index in [1.807, 2.05) is 6.07 Å². The zero-order valence-corrected chi connectivity index (χ0v) is 11.8. The molecule has 0 aliphatic heterocycles. The van der Waals surface area contributed by atoms with Crippen LogP contribution in [-0.2, 0) is 0 Å². The highest BCUT2D eigenvalue weighted by Gasteiger charge is 2.11. The summed E-state index contributed by atoms with van der Waals surface area (Å²) in [6.07, 6.45) is 4.66. The Morgan fingerprint density at radius 3 is 2.24 bits per heavy atom. The Kier molecular flexibility index (Phi) is 4.06. The Morgan fingerprint density at radius 1 is 1.06 bits per heavy atom. The first-order valence-corrected chi connectivity index (χ1v) is 6.90. The van der Waals surface area contributed by atoms with Crippen molar-refractivity contribution in [2.45, 2.75) is 31.0 Å². The van der Waals surface area contributed by atoms with Crippen molar-refractivity contribution in [1.29, 1.82) is 0 Å². The number of alkyl halides is 1. The molecule has 2 heteroatoms. The van der Waals surface area contributed by atoms with Crippen LogP contribution in [0.4, 0.5) is 0 Å². The first kappa shape index (κ1) is 12.4. The molecule has 0 fully saturated rings. The molecule has 2 aromatic rings. The molecule has 1 nitrogen and oxygen atoms in total. The quantitative estimate of drug-likeness (QED) is 0.699. The average Bonchev–Trinajstić information content (AvgIpc) is 2.91. The van der Waals surface area contributed by atoms with Gasteiger partial charge in [-0.25, -0.2) is 0 Å². The van der Waals surface area contributed by atoms with Crippen LogP contribution >= 0.6 is 15.9 Å². The minimum Gasteiger partial charge on any atom is -0.472 e. The average molecular weight is 293 g/mol. The molecule has 2 atom stereocenters. The second-order valence-corrected chi connectivity index (χ2v) is 5.31. The van der Waals surface area contributed by atoms with Gasteiger partial charge in [0.15, 0.2) is 0 Å². The lowest BCUT2D eigenvalue weighted by Gasteiger charge is -2.12. The lowest BCUT2D eigenvalue weighted by Crippen LogP contribution is -1.94. The van der Waals surface area contributed by atoms with E-state index >= 15 is 0 Å². The lowest BCUT2D eigenvalue weighted by molar-refractivity contribution is 0.564. The second kappa shape index (κ2) is 5.54. The van der Waals surface area contributed by atoms with Crippen molar-refractivity contribution in [3.05, 3.63) is 59.5 Å². The third kappa shape index (κ3) is 2.81. The van der Waals surface area contributed by atoms with Gasteiger partial charge in [0.05, 0.1) is 17.4 Å². The van der Waals surface area contributed by atoms with Crippen LogP contribution in [0.3, 0.4) is 0 Å². The summed E-state index contributed by atoms with van der Waals surface area (Å²) in [5.74, 6) is 0.631. The van der Waals surface area contributed by atoms with E-state index in [1.54, 1.807) is 12.5 Å². The van der Waals surface area contributed by atoms with E-state index in [2.05, 4.69) is 54.0 Å². The van der Waals surface area contributed by atoms with E-state index in [4.69, 9.17) is 4.42 Å². The number of hydrogen-bond donors (Lipinski definition) is 0. The number of rotatable bonds is 4. The Morgan fingerprint density at radius 2 is 1.71 bits per heavy atom. The summed E-state index contributed by atoms with van der Waals surface area (Å²) in [6.45, 7) is 4.48. The summed E-state index contributed by atoms with van der Waals surface area (Å²) in [7, 11) is 0. The summed E-state index contributed by atoms with van der Waals surface area (Å²) >= 11 is 3.69. The maximum absolute atomic E-state index is 5.11. The maximum atomic E-state index is 5.11. The third-order valence-electron chi connectivity index (χ3n) is 3.25. The number of hydrogen-bond acceptors (Lipinski definition) is 1. The van der Waals surface area contributed by atoms with Crippen LogP contribution in [0.25, 0.3) is 0 Å². The number of furan rings is 1. The van der Waals surface area contributed by atoms with Crippen LogP contribution in [0.15, 0.2) is 47.3 Å². The molecular formula is C15H17BrO. The molecule has 0 radical (unpaired) electrons. The number of halogens is 1. The van der Waals surface area contributed by atoms with Crippen LogP contribution in [-0.4, -0.2) is 0 Å². The SMILES string of the molecule is CCC(C)c1ccc(C(Br)c2ccoc2)cc1. The Bertz CT molecular complexity index is 444. The van der Waals surface area contributed by atoms with E-state index in [0.29, 0.717) is 5.92 Å².